The highest BCUT2D eigenvalue weighted by Crippen LogP contribution is 2.28. The van der Waals surface area contributed by atoms with E-state index in [1.54, 1.807) is 5.38 Å². The Balaban J connectivity index is 1.44. The van der Waals surface area contributed by atoms with Gasteiger partial charge in [-0.1, -0.05) is 39.3 Å². The Morgan fingerprint density at radius 1 is 1.15 bits per heavy atom. The summed E-state index contributed by atoms with van der Waals surface area (Å²) in [5.74, 6) is 1.10. The van der Waals surface area contributed by atoms with Gasteiger partial charge in [-0.25, -0.2) is 9.78 Å². The van der Waals surface area contributed by atoms with Crippen LogP contribution in [0.15, 0.2) is 23.6 Å². The average Bonchev–Trinajstić information content (AvgIpc) is 3.28. The summed E-state index contributed by atoms with van der Waals surface area (Å²) in [6.07, 6.45) is 5.45. The first-order valence-electron chi connectivity index (χ1n) is 12.4. The number of benzene rings is 1. The molecule has 1 aromatic heterocycles. The number of hydrogen-bond acceptors (Lipinski definition) is 5. The predicted octanol–water partition coefficient (Wildman–Crippen LogP) is 5.29. The van der Waals surface area contributed by atoms with Gasteiger partial charge in [0.2, 0.25) is 0 Å². The first-order valence-corrected chi connectivity index (χ1v) is 13.3. The quantitative estimate of drug-likeness (QED) is 0.398. The van der Waals surface area contributed by atoms with Crippen molar-refractivity contribution < 1.29 is 14.3 Å². The van der Waals surface area contributed by atoms with Crippen molar-refractivity contribution in [3.63, 3.8) is 0 Å². The maximum atomic E-state index is 12.7. The number of nitrogens with one attached hydrogen (secondary N) is 3. The molecule has 186 valence electrons. The van der Waals surface area contributed by atoms with Crippen LogP contribution in [0.2, 0.25) is 0 Å². The van der Waals surface area contributed by atoms with Gasteiger partial charge >= 0.3 is 6.03 Å². The molecule has 7 nitrogen and oxygen atoms in total. The zero-order valence-corrected chi connectivity index (χ0v) is 21.6. The maximum Gasteiger partial charge on any atom is 0.315 e. The molecular formula is C26H38N4O3S. The van der Waals surface area contributed by atoms with Crippen molar-refractivity contribution in [2.24, 2.45) is 0 Å². The standard InChI is InChI=1S/C26H38N4O3S/c1-5-6-13-27-26(32)29-20-10-8-19(9-11-20)28-25(31)22-16-34-24(30-22)15-33-23-14-18(4)7-12-21(23)17(2)3/h7,12,14,16-17,19-20H,5-6,8-11,13,15H2,1-4H3,(H,28,31)(H2,27,29,32). The second-order valence-corrected chi connectivity index (χ2v) is 10.3. The van der Waals surface area contributed by atoms with Crippen LogP contribution in [0.3, 0.4) is 0 Å². The van der Waals surface area contributed by atoms with Crippen molar-refractivity contribution in [3.05, 3.63) is 45.4 Å². The van der Waals surface area contributed by atoms with Gasteiger partial charge in [0, 0.05) is 24.0 Å². The van der Waals surface area contributed by atoms with Gasteiger partial charge < -0.3 is 20.7 Å². The van der Waals surface area contributed by atoms with Gasteiger partial charge in [-0.05, 0) is 62.1 Å². The number of urea groups is 1. The van der Waals surface area contributed by atoms with Crippen LogP contribution < -0.4 is 20.7 Å². The first-order chi connectivity index (χ1) is 16.4. The topological polar surface area (TPSA) is 92.4 Å². The van der Waals surface area contributed by atoms with Crippen molar-refractivity contribution in [1.82, 2.24) is 20.9 Å². The SMILES string of the molecule is CCCCNC(=O)NC1CCC(NC(=O)c2csc(COc3cc(C)ccc3C(C)C)n2)CC1. The minimum Gasteiger partial charge on any atom is -0.486 e. The van der Waals surface area contributed by atoms with Crippen LogP contribution in [0, 0.1) is 6.92 Å². The van der Waals surface area contributed by atoms with Crippen molar-refractivity contribution in [3.8, 4) is 5.75 Å². The Morgan fingerprint density at radius 3 is 2.53 bits per heavy atom. The van der Waals surface area contributed by atoms with E-state index in [0.29, 0.717) is 24.8 Å². The Hall–Kier alpha value is -2.61. The number of hydrogen-bond donors (Lipinski definition) is 3. The minimum absolute atomic E-state index is 0.0932. The highest BCUT2D eigenvalue weighted by atomic mass is 32.1. The molecule has 1 heterocycles. The highest BCUT2D eigenvalue weighted by Gasteiger charge is 2.24. The number of nitrogens with zero attached hydrogens (tertiary/aromatic N) is 1. The highest BCUT2D eigenvalue weighted by molar-refractivity contribution is 7.09. The molecule has 3 N–H and O–H groups in total. The maximum absolute atomic E-state index is 12.7. The van der Waals surface area contributed by atoms with Gasteiger partial charge in [0.1, 0.15) is 23.1 Å². The van der Waals surface area contributed by atoms with Crippen molar-refractivity contribution in [2.75, 3.05) is 6.54 Å². The Bertz CT molecular complexity index is 951. The second kappa shape index (κ2) is 12.7. The lowest BCUT2D eigenvalue weighted by Gasteiger charge is -2.29. The van der Waals surface area contributed by atoms with E-state index in [2.05, 4.69) is 66.8 Å². The van der Waals surface area contributed by atoms with Crippen LogP contribution in [0.1, 0.15) is 91.8 Å². The van der Waals surface area contributed by atoms with Crippen LogP contribution >= 0.6 is 11.3 Å². The summed E-state index contributed by atoms with van der Waals surface area (Å²) in [7, 11) is 0. The second-order valence-electron chi connectivity index (χ2n) is 9.39. The molecule has 1 aliphatic rings. The minimum atomic E-state index is -0.144. The largest absolute Gasteiger partial charge is 0.486 e. The Kier molecular flexibility index (Phi) is 9.74. The molecule has 3 rings (SSSR count). The zero-order valence-electron chi connectivity index (χ0n) is 20.8. The van der Waals surface area contributed by atoms with E-state index in [4.69, 9.17) is 4.74 Å². The number of thiazole rings is 1. The molecule has 0 unspecified atom stereocenters. The fraction of sp³-hybridized carbons (Fsp3) is 0.577. The molecule has 0 saturated heterocycles. The molecule has 3 amide bonds. The van der Waals surface area contributed by atoms with Gasteiger partial charge in [-0.3, -0.25) is 4.79 Å². The summed E-state index contributed by atoms with van der Waals surface area (Å²) in [6, 6.07) is 6.44. The third-order valence-corrected chi connectivity index (χ3v) is 6.96. The number of aryl methyl sites for hydroxylation is 1. The number of aromatic nitrogens is 1. The summed E-state index contributed by atoms with van der Waals surface area (Å²) < 4.78 is 6.06. The molecule has 1 fully saturated rings. The lowest BCUT2D eigenvalue weighted by atomic mass is 9.91. The molecule has 0 bridgehead atoms. The average molecular weight is 487 g/mol. The fourth-order valence-electron chi connectivity index (χ4n) is 4.12. The van der Waals surface area contributed by atoms with E-state index in [-0.39, 0.29) is 24.0 Å². The summed E-state index contributed by atoms with van der Waals surface area (Å²) in [5.41, 5.74) is 2.76. The van der Waals surface area contributed by atoms with E-state index in [1.165, 1.54) is 16.9 Å². The van der Waals surface area contributed by atoms with E-state index < -0.39 is 0 Å². The number of rotatable bonds is 10. The predicted molar refractivity (Wildman–Crippen MR) is 137 cm³/mol. The molecule has 0 radical (unpaired) electrons. The molecule has 0 spiro atoms. The summed E-state index contributed by atoms with van der Waals surface area (Å²) in [6.45, 7) is 9.50. The monoisotopic (exact) mass is 486 g/mol. The number of carbonyl (C=O) groups excluding carboxylic acids is 2. The molecule has 0 aliphatic heterocycles. The van der Waals surface area contributed by atoms with Crippen molar-refractivity contribution >= 4 is 23.3 Å². The number of amides is 3. The smallest absolute Gasteiger partial charge is 0.315 e. The molecular weight excluding hydrogens is 448 g/mol. The van der Waals surface area contributed by atoms with E-state index in [9.17, 15) is 9.59 Å². The van der Waals surface area contributed by atoms with Crippen molar-refractivity contribution in [2.45, 2.75) is 90.8 Å². The summed E-state index contributed by atoms with van der Waals surface area (Å²) in [4.78, 5) is 29.1. The van der Waals surface area contributed by atoms with Crippen LogP contribution in [-0.4, -0.2) is 35.6 Å². The Morgan fingerprint density at radius 2 is 1.85 bits per heavy atom. The lowest BCUT2D eigenvalue weighted by Crippen LogP contribution is -2.47. The van der Waals surface area contributed by atoms with Crippen LogP contribution in [0.4, 0.5) is 4.79 Å². The van der Waals surface area contributed by atoms with Crippen LogP contribution in [0.25, 0.3) is 0 Å². The lowest BCUT2D eigenvalue weighted by molar-refractivity contribution is 0.0919. The molecule has 2 aromatic rings. The van der Waals surface area contributed by atoms with E-state index in [0.717, 1.165) is 54.8 Å². The van der Waals surface area contributed by atoms with Gasteiger partial charge in [-0.15, -0.1) is 11.3 Å². The van der Waals surface area contributed by atoms with Gasteiger partial charge in [0.25, 0.3) is 5.91 Å². The molecule has 1 saturated carbocycles. The van der Waals surface area contributed by atoms with Gasteiger partial charge in [0.15, 0.2) is 0 Å². The fourth-order valence-corrected chi connectivity index (χ4v) is 4.81. The number of unbranched alkanes of at least 4 members (excludes halogenated alkanes) is 1. The van der Waals surface area contributed by atoms with Crippen molar-refractivity contribution in [1.29, 1.82) is 0 Å². The van der Waals surface area contributed by atoms with Crippen LogP contribution in [0.5, 0.6) is 5.75 Å². The molecule has 0 atom stereocenters. The molecule has 1 aromatic carbocycles. The van der Waals surface area contributed by atoms with Gasteiger partial charge in [0.05, 0.1) is 0 Å². The Labute approximate surface area is 207 Å². The zero-order chi connectivity index (χ0) is 24.5. The van der Waals surface area contributed by atoms with E-state index >= 15 is 0 Å². The normalized spacial score (nSPS) is 17.9. The number of carbonyl (C=O) groups is 2. The third kappa shape index (κ3) is 7.72. The third-order valence-electron chi connectivity index (χ3n) is 6.14. The molecule has 1 aliphatic carbocycles. The summed E-state index contributed by atoms with van der Waals surface area (Å²) >= 11 is 1.44. The first kappa shape index (κ1) is 26.0. The molecule has 8 heteroatoms. The van der Waals surface area contributed by atoms with E-state index in [1.807, 2.05) is 0 Å². The van der Waals surface area contributed by atoms with Crippen LogP contribution in [-0.2, 0) is 6.61 Å². The summed E-state index contributed by atoms with van der Waals surface area (Å²) in [5, 5.41) is 11.6. The number of ether oxygens (including phenoxy) is 1. The molecule has 34 heavy (non-hydrogen) atoms. The van der Waals surface area contributed by atoms with Gasteiger partial charge in [-0.2, -0.15) is 0 Å².